The van der Waals surface area contributed by atoms with Crippen molar-refractivity contribution in [3.05, 3.63) is 0 Å². The van der Waals surface area contributed by atoms with Gasteiger partial charge in [0.05, 0.1) is 0 Å². The van der Waals surface area contributed by atoms with E-state index in [0.717, 1.165) is 0 Å². The summed E-state index contributed by atoms with van der Waals surface area (Å²) >= 11 is 11.1. The second kappa shape index (κ2) is 5.38. The Morgan fingerprint density at radius 1 is 1.10 bits per heavy atom. The number of hydrogen-bond donors (Lipinski definition) is 0. The second-order valence-electron chi connectivity index (χ2n) is 1.93. The van der Waals surface area contributed by atoms with Crippen LogP contribution in [0.5, 0.6) is 0 Å². The lowest BCUT2D eigenvalue weighted by molar-refractivity contribution is 0.184. The third-order valence-corrected chi connectivity index (χ3v) is 2.89. The maximum atomic E-state index is 5.55. The van der Waals surface area contributed by atoms with Gasteiger partial charge in [0.2, 0.25) is 0 Å². The first-order valence-corrected chi connectivity index (χ1v) is 6.08. The van der Waals surface area contributed by atoms with Gasteiger partial charge in [-0.1, -0.05) is 23.2 Å². The Morgan fingerprint density at radius 3 is 1.60 bits per heavy atom. The normalized spacial score (nSPS) is 20.1. The summed E-state index contributed by atoms with van der Waals surface area (Å²) < 4.78 is 10.3. The van der Waals surface area contributed by atoms with E-state index in [1.165, 1.54) is 0 Å². The third-order valence-electron chi connectivity index (χ3n) is 0.758. The minimum Gasteiger partial charge on any atom is -0.380 e. The van der Waals surface area contributed by atoms with Crippen molar-refractivity contribution in [3.8, 4) is 0 Å². The van der Waals surface area contributed by atoms with Crippen LogP contribution in [0.3, 0.4) is 0 Å². The largest absolute Gasteiger partial charge is 0.380 e. The van der Waals surface area contributed by atoms with Gasteiger partial charge in [-0.3, -0.25) is 0 Å². The van der Waals surface area contributed by atoms with Crippen molar-refractivity contribution < 1.29 is 8.85 Å². The molecule has 0 saturated heterocycles. The molecule has 0 heterocycles. The molecule has 0 N–H and O–H groups in total. The first kappa shape index (κ1) is 10.7. The van der Waals surface area contributed by atoms with Crippen molar-refractivity contribution in [2.75, 3.05) is 0 Å². The van der Waals surface area contributed by atoms with Gasteiger partial charge in [0.25, 0.3) is 0 Å². The van der Waals surface area contributed by atoms with Gasteiger partial charge in [0, 0.05) is 0 Å². The first-order chi connectivity index (χ1) is 4.52. The topological polar surface area (TPSA) is 18.5 Å². The minimum absolute atomic E-state index is 0.280. The molecule has 2 atom stereocenters. The summed E-state index contributed by atoms with van der Waals surface area (Å²) in [6.07, 6.45) is 0. The van der Waals surface area contributed by atoms with Crippen molar-refractivity contribution in [2.45, 2.75) is 31.5 Å². The van der Waals surface area contributed by atoms with Gasteiger partial charge in [-0.2, -0.15) is 0 Å². The highest BCUT2D eigenvalue weighted by atomic mass is 35.5. The molecule has 62 valence electrons. The summed E-state index contributed by atoms with van der Waals surface area (Å²) in [5.74, 6) is 0. The molecule has 0 aliphatic carbocycles. The summed E-state index contributed by atoms with van der Waals surface area (Å²) in [6, 6.07) is 0. The van der Waals surface area contributed by atoms with E-state index in [4.69, 9.17) is 32.1 Å². The molecular formula is C5H12Cl2O2Si. The molecule has 0 amide bonds. The van der Waals surface area contributed by atoms with E-state index in [0.29, 0.717) is 0 Å². The Balaban J connectivity index is 3.34. The fraction of sp³-hybridized carbons (Fsp3) is 1.00. The van der Waals surface area contributed by atoms with Crippen molar-refractivity contribution in [3.63, 3.8) is 0 Å². The molecule has 5 heteroatoms. The average molecular weight is 203 g/mol. The van der Waals surface area contributed by atoms with Gasteiger partial charge in [-0.15, -0.1) is 0 Å². The minimum atomic E-state index is -1.58. The summed E-state index contributed by atoms with van der Waals surface area (Å²) in [5, 5.41) is 0. The van der Waals surface area contributed by atoms with Crippen molar-refractivity contribution in [2.24, 2.45) is 0 Å². The van der Waals surface area contributed by atoms with E-state index >= 15 is 0 Å². The van der Waals surface area contributed by atoms with Crippen LogP contribution in [-0.4, -0.2) is 20.4 Å². The van der Waals surface area contributed by atoms with Gasteiger partial charge < -0.3 is 8.85 Å². The molecular weight excluding hydrogens is 191 g/mol. The molecule has 0 aliphatic rings. The van der Waals surface area contributed by atoms with Crippen LogP contribution >= 0.6 is 23.2 Å². The van der Waals surface area contributed by atoms with Gasteiger partial charge in [-0.05, 0) is 20.4 Å². The van der Waals surface area contributed by atoms with Gasteiger partial charge in [-0.25, -0.2) is 0 Å². The number of rotatable bonds is 4. The van der Waals surface area contributed by atoms with Crippen LogP contribution in [0.2, 0.25) is 6.55 Å². The Bertz CT molecular complexity index is 79.7. The highest BCUT2D eigenvalue weighted by Gasteiger charge is 2.10. The van der Waals surface area contributed by atoms with Crippen LogP contribution in [0, 0.1) is 0 Å². The van der Waals surface area contributed by atoms with Gasteiger partial charge >= 0.3 is 9.28 Å². The Kier molecular flexibility index (Phi) is 5.76. The number of hydrogen-bond acceptors (Lipinski definition) is 2. The second-order valence-corrected chi connectivity index (χ2v) is 4.83. The van der Waals surface area contributed by atoms with E-state index in [-0.39, 0.29) is 11.1 Å². The van der Waals surface area contributed by atoms with Crippen LogP contribution in [0.4, 0.5) is 0 Å². The fourth-order valence-corrected chi connectivity index (χ4v) is 2.55. The van der Waals surface area contributed by atoms with Crippen molar-refractivity contribution in [1.82, 2.24) is 0 Å². The average Bonchev–Trinajstić information content (AvgIpc) is 1.58. The van der Waals surface area contributed by atoms with E-state index in [2.05, 4.69) is 0 Å². The van der Waals surface area contributed by atoms with Crippen LogP contribution in [0.15, 0.2) is 0 Å². The molecule has 0 rings (SSSR count). The molecule has 0 aromatic carbocycles. The van der Waals surface area contributed by atoms with E-state index in [9.17, 15) is 0 Å². The lowest BCUT2D eigenvalue weighted by Gasteiger charge is -2.15. The lowest BCUT2D eigenvalue weighted by atomic mass is 10.9. The highest BCUT2D eigenvalue weighted by molar-refractivity contribution is 6.44. The summed E-state index contributed by atoms with van der Waals surface area (Å²) in [4.78, 5) is 0. The zero-order chi connectivity index (χ0) is 8.15. The van der Waals surface area contributed by atoms with Crippen LogP contribution < -0.4 is 0 Å². The van der Waals surface area contributed by atoms with Crippen molar-refractivity contribution in [1.29, 1.82) is 0 Å². The molecule has 0 radical (unpaired) electrons. The molecule has 0 spiro atoms. The highest BCUT2D eigenvalue weighted by Crippen LogP contribution is 2.04. The molecule has 0 bridgehead atoms. The van der Waals surface area contributed by atoms with Crippen LogP contribution in [-0.2, 0) is 8.85 Å². The van der Waals surface area contributed by atoms with E-state index < -0.39 is 9.28 Å². The third kappa shape index (κ3) is 6.83. The standard InChI is InChI=1S/C5H12Cl2O2Si/c1-4(6)8-10(3)9-5(2)7/h4-5,10H,1-3H3. The zero-order valence-corrected chi connectivity index (χ0v) is 8.97. The first-order valence-electron chi connectivity index (χ1n) is 3.11. The molecule has 0 fully saturated rings. The Labute approximate surface area is 73.3 Å². The van der Waals surface area contributed by atoms with Gasteiger partial charge in [0.1, 0.15) is 11.1 Å². The molecule has 0 aromatic rings. The quantitative estimate of drug-likeness (QED) is 0.514. The predicted octanol–water partition coefficient (Wildman–Crippen LogP) is 2.04. The number of halogens is 2. The van der Waals surface area contributed by atoms with Crippen molar-refractivity contribution >= 4 is 32.5 Å². The van der Waals surface area contributed by atoms with Crippen LogP contribution in [0.25, 0.3) is 0 Å². The lowest BCUT2D eigenvalue weighted by Crippen LogP contribution is -2.24. The maximum absolute atomic E-state index is 5.55. The van der Waals surface area contributed by atoms with Gasteiger partial charge in [0.15, 0.2) is 0 Å². The number of alkyl halides is 2. The molecule has 0 saturated carbocycles. The van der Waals surface area contributed by atoms with E-state index in [1.54, 1.807) is 13.8 Å². The molecule has 10 heavy (non-hydrogen) atoms. The smallest absolute Gasteiger partial charge is 0.320 e. The van der Waals surface area contributed by atoms with E-state index in [1.807, 2.05) is 6.55 Å². The Hall–Kier alpha value is 0.717. The summed E-state index contributed by atoms with van der Waals surface area (Å²) in [7, 11) is -1.58. The zero-order valence-electron chi connectivity index (χ0n) is 6.30. The van der Waals surface area contributed by atoms with Crippen LogP contribution in [0.1, 0.15) is 13.8 Å². The SMILES string of the molecule is CC(Cl)O[SiH](C)OC(C)Cl. The Morgan fingerprint density at radius 2 is 1.40 bits per heavy atom. The summed E-state index contributed by atoms with van der Waals surface area (Å²) in [5.41, 5.74) is -0.561. The monoisotopic (exact) mass is 202 g/mol. The molecule has 2 unspecified atom stereocenters. The molecule has 2 nitrogen and oxygen atoms in total. The molecule has 0 aliphatic heterocycles. The molecule has 0 aromatic heterocycles. The summed E-state index contributed by atoms with van der Waals surface area (Å²) in [6.45, 7) is 5.40. The fourth-order valence-electron chi connectivity index (χ4n) is 0.560. The predicted molar refractivity (Wildman–Crippen MR) is 45.8 cm³/mol. The maximum Gasteiger partial charge on any atom is 0.320 e.